The number of hydrogen-bond donors (Lipinski definition) is 2. The predicted octanol–water partition coefficient (Wildman–Crippen LogP) is 1.27. The van der Waals surface area contributed by atoms with Gasteiger partial charge in [-0.1, -0.05) is 37.3 Å². The molecule has 0 radical (unpaired) electrons. The molecule has 1 aliphatic carbocycles. The first-order chi connectivity index (χ1) is 9.94. The fourth-order valence-electron chi connectivity index (χ4n) is 3.01. The van der Waals surface area contributed by atoms with Gasteiger partial charge in [0.15, 0.2) is 9.84 Å². The van der Waals surface area contributed by atoms with Crippen LogP contribution < -0.4 is 10.6 Å². The summed E-state index contributed by atoms with van der Waals surface area (Å²) in [4.78, 5) is 12.0. The SMILES string of the molecule is C[C@H]1CS(=O)(=O)C[C@H]1NC(=O)N[C@@H]1C[C@H]1c1ccccc1. The Balaban J connectivity index is 1.50. The molecule has 1 aromatic carbocycles. The molecule has 2 amide bonds. The van der Waals surface area contributed by atoms with Crippen molar-refractivity contribution in [3.05, 3.63) is 35.9 Å². The second-order valence-corrected chi connectivity index (χ2v) is 8.29. The van der Waals surface area contributed by atoms with Crippen LogP contribution in [0.4, 0.5) is 4.79 Å². The molecule has 6 heteroatoms. The molecule has 1 saturated heterocycles. The minimum Gasteiger partial charge on any atom is -0.335 e. The van der Waals surface area contributed by atoms with E-state index in [2.05, 4.69) is 22.8 Å². The minimum absolute atomic E-state index is 0.0233. The highest BCUT2D eigenvalue weighted by atomic mass is 32.2. The summed E-state index contributed by atoms with van der Waals surface area (Å²) >= 11 is 0. The Morgan fingerprint density at radius 2 is 1.76 bits per heavy atom. The molecule has 0 spiro atoms. The molecule has 21 heavy (non-hydrogen) atoms. The van der Waals surface area contributed by atoms with Crippen LogP contribution in [0.25, 0.3) is 0 Å². The standard InChI is InChI=1S/C15H20N2O3S/c1-10-8-21(19,20)9-14(10)17-15(18)16-13-7-12(13)11-5-3-2-4-6-11/h2-6,10,12-14H,7-9H2,1H3,(H2,16,17,18)/t10-,12-,13+,14+/m0/s1. The lowest BCUT2D eigenvalue weighted by Gasteiger charge is -2.16. The van der Waals surface area contributed by atoms with Crippen LogP contribution in [0.1, 0.15) is 24.8 Å². The fraction of sp³-hybridized carbons (Fsp3) is 0.533. The molecule has 1 aromatic rings. The number of amides is 2. The lowest BCUT2D eigenvalue weighted by molar-refractivity contribution is 0.235. The Labute approximate surface area is 125 Å². The summed E-state index contributed by atoms with van der Waals surface area (Å²) in [5, 5.41) is 5.73. The summed E-state index contributed by atoms with van der Waals surface area (Å²) < 4.78 is 23.1. The molecule has 1 aliphatic heterocycles. The molecule has 5 nitrogen and oxygen atoms in total. The molecular weight excluding hydrogens is 288 g/mol. The third kappa shape index (κ3) is 3.37. The number of sulfone groups is 1. The van der Waals surface area contributed by atoms with Gasteiger partial charge >= 0.3 is 6.03 Å². The van der Waals surface area contributed by atoms with Gasteiger partial charge in [-0.3, -0.25) is 0 Å². The zero-order chi connectivity index (χ0) is 15.0. The number of hydrogen-bond acceptors (Lipinski definition) is 3. The molecule has 1 heterocycles. The number of rotatable bonds is 3. The van der Waals surface area contributed by atoms with Crippen molar-refractivity contribution < 1.29 is 13.2 Å². The monoisotopic (exact) mass is 308 g/mol. The average Bonchev–Trinajstić information content (AvgIpc) is 3.11. The maximum Gasteiger partial charge on any atom is 0.315 e. The molecule has 0 aromatic heterocycles. The molecule has 2 aliphatic rings. The number of carbonyl (C=O) groups excluding carboxylic acids is 1. The van der Waals surface area contributed by atoms with Crippen molar-refractivity contribution >= 4 is 15.9 Å². The van der Waals surface area contributed by atoms with Gasteiger partial charge in [0.05, 0.1) is 11.5 Å². The van der Waals surface area contributed by atoms with Gasteiger partial charge in [0, 0.05) is 18.0 Å². The largest absolute Gasteiger partial charge is 0.335 e. The van der Waals surface area contributed by atoms with Gasteiger partial charge in [-0.2, -0.15) is 0 Å². The van der Waals surface area contributed by atoms with E-state index < -0.39 is 9.84 Å². The Bertz CT molecular complexity index is 630. The molecular formula is C15H20N2O3S. The summed E-state index contributed by atoms with van der Waals surface area (Å²) in [6.45, 7) is 1.86. The van der Waals surface area contributed by atoms with E-state index in [1.165, 1.54) is 5.56 Å². The fourth-order valence-corrected chi connectivity index (χ4v) is 5.14. The average molecular weight is 308 g/mol. The van der Waals surface area contributed by atoms with Gasteiger partial charge < -0.3 is 10.6 Å². The molecule has 114 valence electrons. The quantitative estimate of drug-likeness (QED) is 0.883. The van der Waals surface area contributed by atoms with Gasteiger partial charge in [-0.25, -0.2) is 13.2 Å². The maximum atomic E-state index is 12.0. The molecule has 2 fully saturated rings. The van der Waals surface area contributed by atoms with Gasteiger partial charge in [0.25, 0.3) is 0 Å². The third-order valence-electron chi connectivity index (χ3n) is 4.29. The molecule has 0 bridgehead atoms. The maximum absolute atomic E-state index is 12.0. The van der Waals surface area contributed by atoms with Crippen molar-refractivity contribution in [3.63, 3.8) is 0 Å². The predicted molar refractivity (Wildman–Crippen MR) is 80.9 cm³/mol. The van der Waals surface area contributed by atoms with Crippen LogP contribution in [0, 0.1) is 5.92 Å². The second-order valence-electron chi connectivity index (χ2n) is 6.14. The van der Waals surface area contributed by atoms with Gasteiger partial charge in [0.1, 0.15) is 0 Å². The van der Waals surface area contributed by atoms with E-state index in [1.54, 1.807) is 0 Å². The topological polar surface area (TPSA) is 75.3 Å². The normalized spacial score (nSPS) is 33.4. The first-order valence-corrected chi connectivity index (χ1v) is 9.09. The lowest BCUT2D eigenvalue weighted by atomic mass is 10.1. The van der Waals surface area contributed by atoms with E-state index in [0.717, 1.165) is 6.42 Å². The van der Waals surface area contributed by atoms with Crippen LogP contribution in [0.15, 0.2) is 30.3 Å². The van der Waals surface area contributed by atoms with Crippen LogP contribution in [-0.4, -0.2) is 38.0 Å². The van der Waals surface area contributed by atoms with Gasteiger partial charge in [0.2, 0.25) is 0 Å². The number of benzene rings is 1. The van der Waals surface area contributed by atoms with Crippen molar-refractivity contribution in [2.75, 3.05) is 11.5 Å². The highest BCUT2D eigenvalue weighted by Crippen LogP contribution is 2.40. The van der Waals surface area contributed by atoms with E-state index in [-0.39, 0.29) is 35.5 Å². The minimum atomic E-state index is -3.00. The highest BCUT2D eigenvalue weighted by Gasteiger charge is 2.41. The Morgan fingerprint density at radius 3 is 2.38 bits per heavy atom. The van der Waals surface area contributed by atoms with E-state index in [0.29, 0.717) is 5.92 Å². The van der Waals surface area contributed by atoms with Crippen LogP contribution >= 0.6 is 0 Å². The first kappa shape index (κ1) is 14.4. The summed E-state index contributed by atoms with van der Waals surface area (Å²) in [7, 11) is -3.00. The molecule has 3 rings (SSSR count). The molecule has 2 N–H and O–H groups in total. The summed E-state index contributed by atoms with van der Waals surface area (Å²) in [5.74, 6) is 0.564. The highest BCUT2D eigenvalue weighted by molar-refractivity contribution is 7.91. The van der Waals surface area contributed by atoms with Crippen molar-refractivity contribution in [1.29, 1.82) is 0 Å². The summed E-state index contributed by atoms with van der Waals surface area (Å²) in [5.41, 5.74) is 1.24. The summed E-state index contributed by atoms with van der Waals surface area (Å²) in [6, 6.07) is 9.72. The number of urea groups is 1. The number of nitrogens with one attached hydrogen (secondary N) is 2. The third-order valence-corrected chi connectivity index (χ3v) is 6.19. The van der Waals surface area contributed by atoms with Crippen LogP contribution in [0.5, 0.6) is 0 Å². The van der Waals surface area contributed by atoms with Crippen molar-refractivity contribution in [3.8, 4) is 0 Å². The van der Waals surface area contributed by atoms with E-state index >= 15 is 0 Å². The van der Waals surface area contributed by atoms with Crippen molar-refractivity contribution in [1.82, 2.24) is 10.6 Å². The van der Waals surface area contributed by atoms with E-state index in [1.807, 2.05) is 25.1 Å². The van der Waals surface area contributed by atoms with Crippen LogP contribution in [0.3, 0.4) is 0 Å². The van der Waals surface area contributed by atoms with Crippen LogP contribution in [0.2, 0.25) is 0 Å². The smallest absolute Gasteiger partial charge is 0.315 e. The van der Waals surface area contributed by atoms with Gasteiger partial charge in [-0.15, -0.1) is 0 Å². The Kier molecular flexibility index (Phi) is 3.65. The zero-order valence-corrected chi connectivity index (χ0v) is 12.8. The zero-order valence-electron chi connectivity index (χ0n) is 12.0. The van der Waals surface area contributed by atoms with E-state index in [4.69, 9.17) is 0 Å². The van der Waals surface area contributed by atoms with Gasteiger partial charge in [-0.05, 0) is 17.9 Å². The van der Waals surface area contributed by atoms with Crippen molar-refractivity contribution in [2.24, 2.45) is 5.92 Å². The van der Waals surface area contributed by atoms with Crippen molar-refractivity contribution in [2.45, 2.75) is 31.3 Å². The Morgan fingerprint density at radius 1 is 1.10 bits per heavy atom. The number of carbonyl (C=O) groups is 1. The second kappa shape index (κ2) is 5.33. The molecule has 1 saturated carbocycles. The Hall–Kier alpha value is -1.56. The molecule has 0 unspecified atom stereocenters. The molecule has 4 atom stereocenters. The van der Waals surface area contributed by atoms with Crippen LogP contribution in [-0.2, 0) is 9.84 Å². The summed E-state index contributed by atoms with van der Waals surface area (Å²) in [6.07, 6.45) is 0.940. The first-order valence-electron chi connectivity index (χ1n) is 7.27. The lowest BCUT2D eigenvalue weighted by Crippen LogP contribution is -2.45. The van der Waals surface area contributed by atoms with E-state index in [9.17, 15) is 13.2 Å².